The molecule has 1 fully saturated rings. The molecule has 35 heavy (non-hydrogen) atoms. The van der Waals surface area contributed by atoms with E-state index in [-0.39, 0.29) is 6.61 Å². The minimum atomic E-state index is -1.32. The lowest BCUT2D eigenvalue weighted by molar-refractivity contribution is -0.288. The van der Waals surface area contributed by atoms with Gasteiger partial charge in [0.1, 0.15) is 18.5 Å². The summed E-state index contributed by atoms with van der Waals surface area (Å²) in [6.45, 7) is 6.23. The molecule has 0 amide bonds. The molecular weight excluding hydrogens is 462 g/mol. The van der Waals surface area contributed by atoms with Crippen molar-refractivity contribution in [3.05, 3.63) is 36.0 Å². The summed E-state index contributed by atoms with van der Waals surface area (Å²) in [6, 6.07) is 7.14. The predicted molar refractivity (Wildman–Crippen MR) is 119 cm³/mol. The highest BCUT2D eigenvalue weighted by atomic mass is 16.7. The van der Waals surface area contributed by atoms with Gasteiger partial charge in [0.25, 0.3) is 0 Å². The number of ether oxygens (including phenoxy) is 6. The van der Waals surface area contributed by atoms with Gasteiger partial charge in [0.2, 0.25) is 12.4 Å². The number of hydrogen-bond acceptors (Lipinski definition) is 11. The Bertz CT molecular complexity index is 1120. The minimum absolute atomic E-state index is 0.339. The van der Waals surface area contributed by atoms with E-state index < -0.39 is 54.6 Å². The van der Waals surface area contributed by atoms with E-state index in [1.165, 1.54) is 13.8 Å². The molecule has 0 N–H and O–H groups in total. The van der Waals surface area contributed by atoms with E-state index in [4.69, 9.17) is 28.4 Å². The summed E-state index contributed by atoms with van der Waals surface area (Å²) in [5.41, 5.74) is 1.60. The average molecular weight is 489 g/mol. The number of benzene rings is 1. The van der Waals surface area contributed by atoms with Crippen LogP contribution in [-0.4, -0.2) is 66.2 Å². The number of pyridine rings is 1. The van der Waals surface area contributed by atoms with E-state index >= 15 is 0 Å². The smallest absolute Gasteiger partial charge is 0.303 e. The van der Waals surface area contributed by atoms with Gasteiger partial charge in [-0.05, 0) is 24.6 Å². The minimum Gasteiger partial charge on any atom is -0.463 e. The summed E-state index contributed by atoms with van der Waals surface area (Å²) >= 11 is 0. The number of aryl methyl sites for hydroxylation is 1. The first-order valence-electron chi connectivity index (χ1n) is 10.9. The molecule has 11 heteroatoms. The van der Waals surface area contributed by atoms with Crippen LogP contribution in [0.15, 0.2) is 30.5 Å². The SMILES string of the molecule is CC(=O)OC[C@H]1O[C@H](Oc2ccnc3c(C)cccc23)[C@H](OC(C)=O)[C@@H](OC(C)=O)[C@@H]1OC(C)=O. The number of nitrogens with zero attached hydrogens (tertiary/aromatic N) is 1. The quantitative estimate of drug-likeness (QED) is 0.417. The van der Waals surface area contributed by atoms with E-state index in [0.717, 1.165) is 19.4 Å². The van der Waals surface area contributed by atoms with E-state index in [1.54, 1.807) is 18.3 Å². The lowest BCUT2D eigenvalue weighted by atomic mass is 9.98. The Hall–Kier alpha value is -3.73. The Kier molecular flexibility index (Phi) is 8.23. The highest BCUT2D eigenvalue weighted by Gasteiger charge is 2.53. The van der Waals surface area contributed by atoms with E-state index in [2.05, 4.69) is 4.98 Å². The largest absolute Gasteiger partial charge is 0.463 e. The van der Waals surface area contributed by atoms with Crippen molar-refractivity contribution >= 4 is 34.8 Å². The van der Waals surface area contributed by atoms with Gasteiger partial charge < -0.3 is 28.4 Å². The van der Waals surface area contributed by atoms with Crippen LogP contribution in [0.3, 0.4) is 0 Å². The summed E-state index contributed by atoms with van der Waals surface area (Å²) in [5, 5.41) is 0.667. The zero-order valence-electron chi connectivity index (χ0n) is 20.0. The lowest BCUT2D eigenvalue weighted by Gasteiger charge is -2.44. The molecule has 0 unspecified atom stereocenters. The van der Waals surface area contributed by atoms with Gasteiger partial charge >= 0.3 is 23.9 Å². The third-order valence-electron chi connectivity index (χ3n) is 5.12. The fraction of sp³-hybridized carbons (Fsp3) is 0.458. The first-order valence-corrected chi connectivity index (χ1v) is 10.9. The van der Waals surface area contributed by atoms with Crippen LogP contribution >= 0.6 is 0 Å². The molecule has 5 atom stereocenters. The molecule has 1 aliphatic rings. The average Bonchev–Trinajstić information content (AvgIpc) is 2.76. The van der Waals surface area contributed by atoms with Crippen molar-refractivity contribution in [1.29, 1.82) is 0 Å². The monoisotopic (exact) mass is 489 g/mol. The van der Waals surface area contributed by atoms with Crippen LogP contribution in [0.5, 0.6) is 5.75 Å². The van der Waals surface area contributed by atoms with Crippen molar-refractivity contribution in [2.24, 2.45) is 0 Å². The van der Waals surface area contributed by atoms with Crippen LogP contribution in [-0.2, 0) is 42.9 Å². The van der Waals surface area contributed by atoms with Gasteiger partial charge in [-0.3, -0.25) is 24.2 Å². The molecule has 0 bridgehead atoms. The van der Waals surface area contributed by atoms with E-state index in [9.17, 15) is 19.2 Å². The number of carbonyl (C=O) groups excluding carboxylic acids is 4. The number of aromatic nitrogens is 1. The Labute approximate surface area is 201 Å². The first kappa shape index (κ1) is 25.9. The molecule has 11 nitrogen and oxygen atoms in total. The number of carbonyl (C=O) groups is 4. The Morgan fingerprint density at radius 3 is 2.11 bits per heavy atom. The highest BCUT2D eigenvalue weighted by molar-refractivity contribution is 5.87. The fourth-order valence-electron chi connectivity index (χ4n) is 3.81. The molecule has 1 aromatic heterocycles. The standard InChI is InChI=1S/C24H27NO10/c1-12-7-6-8-17-18(9-10-25-20(12)17)34-24-23(33-16(5)29)22(32-15(4)28)21(31-14(3)27)19(35-24)11-30-13(2)26/h6-10,19,21-24H,11H2,1-5H3/t19-,21-,22+,23-,24+/m1/s1. The van der Waals surface area contributed by atoms with Gasteiger partial charge in [-0.2, -0.15) is 0 Å². The second-order valence-electron chi connectivity index (χ2n) is 7.97. The van der Waals surface area contributed by atoms with Crippen molar-refractivity contribution in [3.8, 4) is 5.75 Å². The maximum absolute atomic E-state index is 12.0. The Balaban J connectivity index is 2.05. The maximum Gasteiger partial charge on any atom is 0.303 e. The maximum atomic E-state index is 12.0. The van der Waals surface area contributed by atoms with Crippen molar-refractivity contribution in [2.75, 3.05) is 6.61 Å². The van der Waals surface area contributed by atoms with Gasteiger partial charge in [-0.1, -0.05) is 12.1 Å². The molecule has 188 valence electrons. The second kappa shape index (κ2) is 11.1. The number of rotatable bonds is 7. The van der Waals surface area contributed by atoms with Crippen LogP contribution in [0, 0.1) is 6.92 Å². The summed E-state index contributed by atoms with van der Waals surface area (Å²) in [5.74, 6) is -2.38. The number of fused-ring (bicyclic) bond motifs is 1. The Morgan fingerprint density at radius 2 is 1.49 bits per heavy atom. The molecule has 1 aliphatic heterocycles. The topological polar surface area (TPSA) is 137 Å². The summed E-state index contributed by atoms with van der Waals surface area (Å²) in [4.78, 5) is 51.6. The van der Waals surface area contributed by atoms with Gasteiger partial charge in [0.05, 0.1) is 5.52 Å². The van der Waals surface area contributed by atoms with Crippen molar-refractivity contribution < 1.29 is 47.6 Å². The molecule has 2 aromatic rings. The second-order valence-corrected chi connectivity index (χ2v) is 7.97. The third-order valence-corrected chi connectivity index (χ3v) is 5.12. The molecule has 0 radical (unpaired) electrons. The number of para-hydroxylation sites is 1. The zero-order chi connectivity index (χ0) is 25.7. The molecule has 0 aliphatic carbocycles. The zero-order valence-corrected chi connectivity index (χ0v) is 20.0. The molecular formula is C24H27NO10. The summed E-state index contributed by atoms with van der Waals surface area (Å²) < 4.78 is 33.4. The van der Waals surface area contributed by atoms with E-state index in [0.29, 0.717) is 16.7 Å². The normalized spacial score (nSPS) is 23.7. The first-order chi connectivity index (χ1) is 16.6. The van der Waals surface area contributed by atoms with Gasteiger partial charge in [0.15, 0.2) is 12.2 Å². The van der Waals surface area contributed by atoms with Crippen molar-refractivity contribution in [2.45, 2.75) is 65.3 Å². The van der Waals surface area contributed by atoms with Gasteiger partial charge in [-0.15, -0.1) is 0 Å². The van der Waals surface area contributed by atoms with E-state index in [1.807, 2.05) is 19.1 Å². The van der Waals surface area contributed by atoms with Crippen LogP contribution in [0.4, 0.5) is 0 Å². The van der Waals surface area contributed by atoms with Gasteiger partial charge in [0, 0.05) is 39.3 Å². The molecule has 1 aromatic carbocycles. The fourth-order valence-corrected chi connectivity index (χ4v) is 3.81. The highest BCUT2D eigenvalue weighted by Crippen LogP contribution is 2.33. The molecule has 0 spiro atoms. The summed E-state index contributed by atoms with van der Waals surface area (Å²) in [7, 11) is 0. The predicted octanol–water partition coefficient (Wildman–Crippen LogP) is 2.01. The summed E-state index contributed by atoms with van der Waals surface area (Å²) in [6.07, 6.45) is -4.75. The van der Waals surface area contributed by atoms with Crippen molar-refractivity contribution in [3.63, 3.8) is 0 Å². The Morgan fingerprint density at radius 1 is 0.857 bits per heavy atom. The van der Waals surface area contributed by atoms with Gasteiger partial charge in [-0.25, -0.2) is 0 Å². The van der Waals surface area contributed by atoms with Crippen LogP contribution in [0.1, 0.15) is 33.3 Å². The van der Waals surface area contributed by atoms with Crippen molar-refractivity contribution in [1.82, 2.24) is 4.98 Å². The molecule has 2 heterocycles. The third kappa shape index (κ3) is 6.44. The number of esters is 4. The molecule has 3 rings (SSSR count). The van der Waals surface area contributed by atoms with Crippen LogP contribution in [0.25, 0.3) is 10.9 Å². The number of hydrogen-bond donors (Lipinski definition) is 0. The lowest BCUT2D eigenvalue weighted by Crippen LogP contribution is -2.63. The van der Waals surface area contributed by atoms with Crippen LogP contribution < -0.4 is 4.74 Å². The molecule has 1 saturated heterocycles. The molecule has 0 saturated carbocycles. The van der Waals surface area contributed by atoms with Crippen LogP contribution in [0.2, 0.25) is 0 Å².